The molecular weight excluding hydrogens is 281 g/mol. The zero-order valence-electron chi connectivity index (χ0n) is 7.71. The van der Waals surface area contributed by atoms with Crippen LogP contribution in [0.25, 0.3) is 0 Å². The molecule has 3 nitrogen and oxygen atoms in total. The first-order valence-electron chi connectivity index (χ1n) is 3.62. The van der Waals surface area contributed by atoms with Gasteiger partial charge in [0.25, 0.3) is 0 Å². The summed E-state index contributed by atoms with van der Waals surface area (Å²) in [5.41, 5.74) is 1.53. The molecule has 4 heteroatoms. The Morgan fingerprint density at radius 3 is 2.31 bits per heavy atom. The summed E-state index contributed by atoms with van der Waals surface area (Å²) >= 11 is 1.92. The molecule has 0 saturated heterocycles. The van der Waals surface area contributed by atoms with Crippen molar-refractivity contribution in [3.8, 4) is 5.75 Å². The number of hydrogen-bond acceptors (Lipinski definition) is 3. The maximum absolute atomic E-state index is 9.58. The highest BCUT2D eigenvalue weighted by Gasteiger charge is 2.18. The van der Waals surface area contributed by atoms with E-state index in [0.717, 1.165) is 5.56 Å². The van der Waals surface area contributed by atoms with E-state index in [9.17, 15) is 10.2 Å². The second kappa shape index (κ2) is 4.26. The average molecular weight is 295 g/mol. The molecule has 0 aliphatic heterocycles. The van der Waals surface area contributed by atoms with Gasteiger partial charge in [-0.2, -0.15) is 0 Å². The van der Waals surface area contributed by atoms with Gasteiger partial charge in [0.15, 0.2) is 0 Å². The highest BCUT2D eigenvalue weighted by molar-refractivity contribution is 14.1. The van der Waals surface area contributed by atoms with Crippen molar-refractivity contribution >= 4 is 22.6 Å². The van der Waals surface area contributed by atoms with Gasteiger partial charge in [0.2, 0.25) is 0 Å². The third-order valence-corrected chi connectivity index (χ3v) is 2.36. The van der Waals surface area contributed by atoms with Crippen molar-refractivity contribution in [2.75, 3.05) is 0 Å². The summed E-state index contributed by atoms with van der Waals surface area (Å²) in [5.74, 6) is 0.226. The highest BCUT2D eigenvalue weighted by atomic mass is 127. The summed E-state index contributed by atoms with van der Waals surface area (Å²) in [7, 11) is 0. The molecule has 0 fully saturated rings. The number of aliphatic hydroxyl groups is 1. The number of aromatic hydroxyl groups is 1. The highest BCUT2D eigenvalue weighted by Crippen LogP contribution is 2.31. The fourth-order valence-corrected chi connectivity index (χ4v) is 1.23. The van der Waals surface area contributed by atoms with Gasteiger partial charge in [0.1, 0.15) is 9.36 Å². The van der Waals surface area contributed by atoms with E-state index in [1.165, 1.54) is 0 Å². The largest absolute Gasteiger partial charge is 0.508 e. The molecule has 0 aliphatic rings. The van der Waals surface area contributed by atoms with E-state index in [2.05, 4.69) is 0 Å². The molecule has 0 saturated carbocycles. The monoisotopic (exact) mass is 295 g/mol. The van der Waals surface area contributed by atoms with Crippen molar-refractivity contribution in [1.29, 1.82) is 0 Å². The van der Waals surface area contributed by atoms with Crippen molar-refractivity contribution in [2.45, 2.75) is 17.5 Å². The van der Waals surface area contributed by atoms with Crippen LogP contribution in [0.15, 0.2) is 18.2 Å². The molecule has 1 aromatic rings. The summed E-state index contributed by atoms with van der Waals surface area (Å²) in [6, 6.07) is 5.18. The molecule has 0 bridgehead atoms. The summed E-state index contributed by atoms with van der Waals surface area (Å²) in [6.07, 6.45) is 0. The average Bonchev–Trinajstić information content (AvgIpc) is 1.92. The van der Waals surface area contributed by atoms with Gasteiger partial charge in [-0.3, -0.25) is 0 Å². The van der Waals surface area contributed by atoms with E-state index >= 15 is 0 Å². The lowest BCUT2D eigenvalue weighted by molar-refractivity contribution is 0.178. The zero-order chi connectivity index (χ0) is 9.35. The molecule has 5 N–H and O–H groups in total. The van der Waals surface area contributed by atoms with Crippen LogP contribution in [0.3, 0.4) is 0 Å². The minimum atomic E-state index is -0.914. The van der Waals surface area contributed by atoms with Crippen molar-refractivity contribution in [3.05, 3.63) is 29.3 Å². The normalized spacial score (nSPS) is 14.5. The smallest absolute Gasteiger partial charge is 0.138 e. The van der Waals surface area contributed by atoms with Crippen molar-refractivity contribution < 1.29 is 10.2 Å². The fraction of sp³-hybridized carbons (Fsp3) is 0.333. The minimum absolute atomic E-state index is 0. The van der Waals surface area contributed by atoms with Gasteiger partial charge >= 0.3 is 0 Å². The number of rotatable bonds is 1. The Morgan fingerprint density at radius 2 is 1.92 bits per heavy atom. The molecule has 74 valence electrons. The SMILES string of the molecule is Cc1ccc(C(C)(O)I)cc1O.N. The molecule has 0 aliphatic carbocycles. The number of alkyl halides is 1. The molecule has 1 aromatic carbocycles. The first kappa shape index (κ1) is 12.7. The molecule has 13 heavy (non-hydrogen) atoms. The molecule has 0 aromatic heterocycles. The van der Waals surface area contributed by atoms with E-state index in [0.29, 0.717) is 5.56 Å². The summed E-state index contributed by atoms with van der Waals surface area (Å²) in [5, 5.41) is 18.9. The fourth-order valence-electron chi connectivity index (χ4n) is 0.893. The number of benzene rings is 1. The lowest BCUT2D eigenvalue weighted by Gasteiger charge is -2.16. The molecule has 1 rings (SSSR count). The Labute approximate surface area is 91.5 Å². The number of aryl methyl sites for hydroxylation is 1. The number of hydrogen-bond donors (Lipinski definition) is 3. The molecular formula is C9H14INO2. The Kier molecular flexibility index (Phi) is 4.15. The lowest BCUT2D eigenvalue weighted by atomic mass is 10.1. The molecule has 0 spiro atoms. The van der Waals surface area contributed by atoms with Gasteiger partial charge in [-0.25, -0.2) is 0 Å². The van der Waals surface area contributed by atoms with Crippen LogP contribution in [-0.4, -0.2) is 10.2 Å². The second-order valence-corrected chi connectivity index (χ2v) is 5.06. The van der Waals surface area contributed by atoms with Crippen LogP contribution >= 0.6 is 22.6 Å². The molecule has 0 radical (unpaired) electrons. The van der Waals surface area contributed by atoms with Gasteiger partial charge < -0.3 is 16.4 Å². The molecule has 0 amide bonds. The van der Waals surface area contributed by atoms with Crippen molar-refractivity contribution in [3.63, 3.8) is 0 Å². The van der Waals surface area contributed by atoms with Crippen LogP contribution in [0, 0.1) is 6.92 Å². The first-order chi connectivity index (χ1) is 5.41. The lowest BCUT2D eigenvalue weighted by Crippen LogP contribution is -2.10. The maximum Gasteiger partial charge on any atom is 0.138 e. The van der Waals surface area contributed by atoms with Crippen molar-refractivity contribution in [1.82, 2.24) is 6.15 Å². The number of phenolic OH excluding ortho intramolecular Hbond substituents is 1. The van der Waals surface area contributed by atoms with Crippen LogP contribution < -0.4 is 6.15 Å². The van der Waals surface area contributed by atoms with Gasteiger partial charge in [0.05, 0.1) is 0 Å². The summed E-state index contributed by atoms with van der Waals surface area (Å²) in [4.78, 5) is 0. The van der Waals surface area contributed by atoms with Crippen LogP contribution in [-0.2, 0) is 3.61 Å². The molecule has 0 heterocycles. The van der Waals surface area contributed by atoms with Crippen LogP contribution in [0.2, 0.25) is 0 Å². The molecule has 1 unspecified atom stereocenters. The molecule has 1 atom stereocenters. The second-order valence-electron chi connectivity index (χ2n) is 2.95. The predicted molar refractivity (Wildman–Crippen MR) is 61.5 cm³/mol. The van der Waals surface area contributed by atoms with Crippen LogP contribution in [0.1, 0.15) is 18.1 Å². The van der Waals surface area contributed by atoms with Gasteiger partial charge in [-0.1, -0.05) is 12.1 Å². The third-order valence-electron chi connectivity index (χ3n) is 1.74. The topological polar surface area (TPSA) is 75.5 Å². The van der Waals surface area contributed by atoms with E-state index in [-0.39, 0.29) is 11.9 Å². The Hall–Kier alpha value is -0.330. The Morgan fingerprint density at radius 1 is 1.38 bits per heavy atom. The quantitative estimate of drug-likeness (QED) is 0.550. The zero-order valence-corrected chi connectivity index (χ0v) is 9.87. The van der Waals surface area contributed by atoms with E-state index in [1.54, 1.807) is 19.1 Å². The minimum Gasteiger partial charge on any atom is -0.508 e. The van der Waals surface area contributed by atoms with Crippen LogP contribution in [0.5, 0.6) is 5.75 Å². The van der Waals surface area contributed by atoms with Gasteiger partial charge in [0, 0.05) is 0 Å². The van der Waals surface area contributed by atoms with E-state index in [1.807, 2.05) is 35.6 Å². The maximum atomic E-state index is 9.58. The number of halogens is 1. The van der Waals surface area contributed by atoms with E-state index < -0.39 is 3.61 Å². The van der Waals surface area contributed by atoms with Gasteiger partial charge in [-0.15, -0.1) is 0 Å². The Bertz CT molecular complexity index is 294. The first-order valence-corrected chi connectivity index (χ1v) is 4.70. The van der Waals surface area contributed by atoms with Crippen molar-refractivity contribution in [2.24, 2.45) is 0 Å². The predicted octanol–water partition coefficient (Wildman–Crippen LogP) is 2.46. The standard InChI is InChI=1S/C9H11IO2.H3N/c1-6-3-4-7(5-8(6)11)9(2,10)12;/h3-5,11-12H,1-2H3;1H3. The van der Waals surface area contributed by atoms with E-state index in [4.69, 9.17) is 0 Å². The third kappa shape index (κ3) is 3.13. The van der Waals surface area contributed by atoms with Crippen LogP contribution in [0.4, 0.5) is 0 Å². The number of phenols is 1. The Balaban J connectivity index is 0.00000144. The van der Waals surface area contributed by atoms with Gasteiger partial charge in [-0.05, 0) is 53.6 Å². The summed E-state index contributed by atoms with van der Waals surface area (Å²) < 4.78 is -0.914. The summed E-state index contributed by atoms with van der Waals surface area (Å²) in [6.45, 7) is 3.50.